The smallest absolute Gasteiger partial charge is 0.264 e. The molecule has 0 bridgehead atoms. The highest BCUT2D eigenvalue weighted by Crippen LogP contribution is 2.18. The summed E-state index contributed by atoms with van der Waals surface area (Å²) in [4.78, 5) is 22.7. The van der Waals surface area contributed by atoms with Gasteiger partial charge in [-0.15, -0.1) is 11.3 Å². The average molecular weight is 321 g/mol. The van der Waals surface area contributed by atoms with Crippen LogP contribution < -0.4 is 5.73 Å². The van der Waals surface area contributed by atoms with Crippen LogP contribution in [-0.4, -0.2) is 52.0 Å². The molecule has 0 radical (unpaired) electrons. The molecule has 3 heterocycles. The van der Waals surface area contributed by atoms with Gasteiger partial charge in [-0.2, -0.15) is 4.98 Å². The Labute approximate surface area is 132 Å². The first-order chi connectivity index (χ1) is 10.7. The monoisotopic (exact) mass is 321 g/mol. The molecule has 2 N–H and O–H groups in total. The number of nitrogens with zero attached hydrogens (tertiary/aromatic N) is 4. The highest BCUT2D eigenvalue weighted by atomic mass is 32.1. The van der Waals surface area contributed by atoms with Crippen molar-refractivity contribution in [1.29, 1.82) is 0 Å². The maximum absolute atomic E-state index is 12.4. The molecular weight excluding hydrogens is 302 g/mol. The van der Waals surface area contributed by atoms with Crippen LogP contribution in [0.1, 0.15) is 26.3 Å². The zero-order valence-electron chi connectivity index (χ0n) is 12.5. The summed E-state index contributed by atoms with van der Waals surface area (Å²) in [6.45, 7) is 5.96. The van der Waals surface area contributed by atoms with Crippen LogP contribution in [0.15, 0.2) is 16.7 Å². The Balaban J connectivity index is 1.52. The molecule has 3 rings (SSSR count). The molecule has 1 aliphatic heterocycles. The van der Waals surface area contributed by atoms with Crippen LogP contribution in [0.3, 0.4) is 0 Å². The third-order valence-electron chi connectivity index (χ3n) is 3.66. The summed E-state index contributed by atoms with van der Waals surface area (Å²) in [5.74, 6) is 1.23. The van der Waals surface area contributed by atoms with Gasteiger partial charge in [0.1, 0.15) is 0 Å². The van der Waals surface area contributed by atoms with Gasteiger partial charge in [-0.25, -0.2) is 0 Å². The summed E-state index contributed by atoms with van der Waals surface area (Å²) in [6, 6.07) is 3.89. The van der Waals surface area contributed by atoms with Crippen LogP contribution in [0.25, 0.3) is 0 Å². The van der Waals surface area contributed by atoms with Crippen LogP contribution in [0.2, 0.25) is 0 Å². The lowest BCUT2D eigenvalue weighted by atomic mass is 10.3. The third-order valence-corrected chi connectivity index (χ3v) is 4.65. The Morgan fingerprint density at radius 2 is 2.14 bits per heavy atom. The molecule has 8 heteroatoms. The van der Waals surface area contributed by atoms with Gasteiger partial charge in [-0.3, -0.25) is 9.69 Å². The predicted molar refractivity (Wildman–Crippen MR) is 82.4 cm³/mol. The lowest BCUT2D eigenvalue weighted by molar-refractivity contribution is 0.0629. The molecule has 22 heavy (non-hydrogen) atoms. The number of nitrogens with two attached hydrogens (primary N) is 1. The van der Waals surface area contributed by atoms with Gasteiger partial charge >= 0.3 is 0 Å². The summed E-state index contributed by atoms with van der Waals surface area (Å²) in [7, 11) is 0. The van der Waals surface area contributed by atoms with Crippen molar-refractivity contribution in [3.8, 4) is 0 Å². The summed E-state index contributed by atoms with van der Waals surface area (Å²) >= 11 is 1.55. The van der Waals surface area contributed by atoms with Gasteiger partial charge in [-0.1, -0.05) is 5.16 Å². The quantitative estimate of drug-likeness (QED) is 0.898. The minimum absolute atomic E-state index is 0.128. The number of hydrogen-bond acceptors (Lipinski definition) is 7. The molecule has 1 fully saturated rings. The first-order valence-electron chi connectivity index (χ1n) is 7.25. The number of carbonyl (C=O) groups is 1. The van der Waals surface area contributed by atoms with Crippen LogP contribution in [0, 0.1) is 6.92 Å². The van der Waals surface area contributed by atoms with Gasteiger partial charge in [0.15, 0.2) is 5.82 Å². The van der Waals surface area contributed by atoms with Gasteiger partial charge in [0.2, 0.25) is 5.89 Å². The number of piperazine rings is 1. The maximum Gasteiger partial charge on any atom is 0.264 e. The van der Waals surface area contributed by atoms with Gasteiger partial charge in [-0.05, 0) is 19.1 Å². The number of hydrogen-bond donors (Lipinski definition) is 1. The van der Waals surface area contributed by atoms with E-state index in [1.54, 1.807) is 11.3 Å². The Morgan fingerprint density at radius 3 is 2.73 bits per heavy atom. The van der Waals surface area contributed by atoms with E-state index in [2.05, 4.69) is 15.0 Å². The Hall–Kier alpha value is -1.77. The highest BCUT2D eigenvalue weighted by molar-refractivity contribution is 7.13. The molecular formula is C14H19N5O2S. The predicted octanol–water partition coefficient (Wildman–Crippen LogP) is 0.856. The van der Waals surface area contributed by atoms with E-state index in [1.165, 1.54) is 0 Å². The fourth-order valence-corrected chi connectivity index (χ4v) is 3.29. The van der Waals surface area contributed by atoms with E-state index in [4.69, 9.17) is 10.3 Å². The van der Waals surface area contributed by atoms with E-state index in [1.807, 2.05) is 24.0 Å². The Morgan fingerprint density at radius 1 is 1.36 bits per heavy atom. The summed E-state index contributed by atoms with van der Waals surface area (Å²) in [5, 5.41) is 3.90. The fraction of sp³-hybridized carbons (Fsp3) is 0.500. The minimum Gasteiger partial charge on any atom is -0.338 e. The summed E-state index contributed by atoms with van der Waals surface area (Å²) in [5.41, 5.74) is 5.45. The zero-order valence-corrected chi connectivity index (χ0v) is 13.3. The molecule has 7 nitrogen and oxygen atoms in total. The molecule has 0 aliphatic carbocycles. The van der Waals surface area contributed by atoms with Crippen molar-refractivity contribution in [2.75, 3.05) is 26.2 Å². The first-order valence-corrected chi connectivity index (χ1v) is 8.07. The van der Waals surface area contributed by atoms with Crippen LogP contribution in [0.5, 0.6) is 0 Å². The molecule has 0 atom stereocenters. The van der Waals surface area contributed by atoms with E-state index in [9.17, 15) is 4.79 Å². The van der Waals surface area contributed by atoms with E-state index in [-0.39, 0.29) is 12.5 Å². The number of amides is 1. The average Bonchev–Trinajstić information content (AvgIpc) is 3.16. The number of carbonyl (C=O) groups excluding carboxylic acids is 1. The molecule has 0 aromatic carbocycles. The number of aromatic nitrogens is 2. The van der Waals surface area contributed by atoms with Crippen molar-refractivity contribution >= 4 is 17.2 Å². The molecule has 2 aromatic rings. The fourth-order valence-electron chi connectivity index (χ4n) is 2.45. The van der Waals surface area contributed by atoms with Crippen LogP contribution >= 0.6 is 11.3 Å². The van der Waals surface area contributed by atoms with Crippen molar-refractivity contribution < 1.29 is 9.32 Å². The molecule has 118 valence electrons. The number of aryl methyl sites for hydroxylation is 1. The molecule has 1 aliphatic rings. The Kier molecular flexibility index (Phi) is 4.51. The number of thiophene rings is 1. The summed E-state index contributed by atoms with van der Waals surface area (Å²) in [6.07, 6.45) is 0. The van der Waals surface area contributed by atoms with E-state index in [0.29, 0.717) is 18.3 Å². The lowest BCUT2D eigenvalue weighted by Crippen LogP contribution is -2.48. The van der Waals surface area contributed by atoms with E-state index < -0.39 is 0 Å². The number of rotatable bonds is 4. The van der Waals surface area contributed by atoms with Crippen LogP contribution in [0.4, 0.5) is 0 Å². The van der Waals surface area contributed by atoms with Crippen molar-refractivity contribution in [3.63, 3.8) is 0 Å². The highest BCUT2D eigenvalue weighted by Gasteiger charge is 2.23. The normalized spacial score (nSPS) is 16.2. The van der Waals surface area contributed by atoms with Crippen molar-refractivity contribution in [2.45, 2.75) is 20.0 Å². The van der Waals surface area contributed by atoms with Crippen molar-refractivity contribution in [3.05, 3.63) is 33.6 Å². The minimum atomic E-state index is 0.128. The Bertz CT molecular complexity index is 645. The standard InChI is InChI=1S/C14H19N5O2S/c1-10-2-3-11(22-10)14(20)19-6-4-18(5-7-19)9-12-16-13(8-15)21-17-12/h2-3H,4-9,15H2,1H3. The van der Waals surface area contributed by atoms with Gasteiger partial charge in [0, 0.05) is 31.1 Å². The molecule has 0 saturated carbocycles. The lowest BCUT2D eigenvalue weighted by Gasteiger charge is -2.33. The van der Waals surface area contributed by atoms with Crippen LogP contribution in [-0.2, 0) is 13.1 Å². The van der Waals surface area contributed by atoms with E-state index in [0.717, 1.165) is 35.9 Å². The van der Waals surface area contributed by atoms with Crippen molar-refractivity contribution in [2.24, 2.45) is 5.73 Å². The molecule has 0 unspecified atom stereocenters. The maximum atomic E-state index is 12.4. The topological polar surface area (TPSA) is 88.5 Å². The van der Waals surface area contributed by atoms with E-state index >= 15 is 0 Å². The zero-order chi connectivity index (χ0) is 15.5. The molecule has 2 aromatic heterocycles. The molecule has 1 saturated heterocycles. The SMILES string of the molecule is Cc1ccc(C(=O)N2CCN(Cc3noc(CN)n3)CC2)s1. The second-order valence-corrected chi connectivity index (χ2v) is 6.58. The summed E-state index contributed by atoms with van der Waals surface area (Å²) < 4.78 is 5.00. The largest absolute Gasteiger partial charge is 0.338 e. The van der Waals surface area contributed by atoms with Gasteiger partial charge in [0.25, 0.3) is 5.91 Å². The third kappa shape index (κ3) is 3.34. The van der Waals surface area contributed by atoms with Gasteiger partial charge < -0.3 is 15.2 Å². The van der Waals surface area contributed by atoms with Gasteiger partial charge in [0.05, 0.1) is 18.0 Å². The van der Waals surface area contributed by atoms with Crippen molar-refractivity contribution in [1.82, 2.24) is 19.9 Å². The second-order valence-electron chi connectivity index (χ2n) is 5.29. The molecule has 1 amide bonds. The first kappa shape index (κ1) is 15.1. The molecule has 0 spiro atoms. The second kappa shape index (κ2) is 6.55.